The van der Waals surface area contributed by atoms with Crippen molar-refractivity contribution in [2.24, 2.45) is 0 Å². The van der Waals surface area contributed by atoms with Gasteiger partial charge in [0.2, 0.25) is 0 Å². The quantitative estimate of drug-likeness (QED) is 0.657. The molecule has 3 aromatic carbocycles. The minimum atomic E-state index is -0.383. The number of hydrogen-bond acceptors (Lipinski definition) is 3. The minimum Gasteiger partial charge on any atom is -0.508 e. The first kappa shape index (κ1) is 18.4. The second-order valence-electron chi connectivity index (χ2n) is 7.33. The minimum absolute atomic E-state index is 0.0323. The number of rotatable bonds is 3. The van der Waals surface area contributed by atoms with Crippen LogP contribution in [0.3, 0.4) is 0 Å². The molecule has 0 aliphatic carbocycles. The fraction of sp³-hybridized carbons (Fsp3) is 0.250. The molecule has 0 saturated carbocycles. The molecule has 3 aromatic rings. The van der Waals surface area contributed by atoms with Crippen LogP contribution >= 0.6 is 0 Å². The Morgan fingerprint density at radius 1 is 1.00 bits per heavy atom. The van der Waals surface area contributed by atoms with Crippen molar-refractivity contribution in [2.75, 3.05) is 13.7 Å². The maximum absolute atomic E-state index is 14.5. The summed E-state index contributed by atoms with van der Waals surface area (Å²) in [5, 5.41) is 10.1. The zero-order valence-corrected chi connectivity index (χ0v) is 16.2. The molecule has 4 rings (SSSR count). The fourth-order valence-electron chi connectivity index (χ4n) is 4.02. The largest absolute Gasteiger partial charge is 0.508 e. The normalized spacial score (nSPS) is 18.3. The van der Waals surface area contributed by atoms with E-state index in [1.807, 2.05) is 19.1 Å². The summed E-state index contributed by atoms with van der Waals surface area (Å²) < 4.78 is 25.7. The predicted octanol–water partition coefficient (Wildman–Crippen LogP) is 5.46. The summed E-state index contributed by atoms with van der Waals surface area (Å²) in [5.74, 6) is 0.670. The molecule has 0 saturated heterocycles. The van der Waals surface area contributed by atoms with Gasteiger partial charge in [-0.15, -0.1) is 0 Å². The predicted molar refractivity (Wildman–Crippen MR) is 107 cm³/mol. The fourth-order valence-corrected chi connectivity index (χ4v) is 4.02. The highest BCUT2D eigenvalue weighted by Crippen LogP contribution is 2.49. The smallest absolute Gasteiger partial charge is 0.165 e. The number of phenols is 1. The molecule has 144 valence electrons. The molecule has 1 aliphatic heterocycles. The van der Waals surface area contributed by atoms with Crippen molar-refractivity contribution in [2.45, 2.75) is 25.7 Å². The van der Waals surface area contributed by atoms with Gasteiger partial charge in [0.25, 0.3) is 0 Å². The van der Waals surface area contributed by atoms with Crippen LogP contribution in [0.1, 0.15) is 39.7 Å². The van der Waals surface area contributed by atoms with Crippen molar-refractivity contribution in [3.8, 4) is 17.2 Å². The average molecular weight is 378 g/mol. The molecule has 28 heavy (non-hydrogen) atoms. The van der Waals surface area contributed by atoms with Crippen LogP contribution in [0.5, 0.6) is 17.2 Å². The van der Waals surface area contributed by atoms with Crippen LogP contribution in [0.15, 0.2) is 54.6 Å². The van der Waals surface area contributed by atoms with Gasteiger partial charge in [0.05, 0.1) is 13.7 Å². The Labute approximate surface area is 164 Å². The summed E-state index contributed by atoms with van der Waals surface area (Å²) in [6, 6.07) is 17.1. The summed E-state index contributed by atoms with van der Waals surface area (Å²) in [7, 11) is 1.46. The Kier molecular flexibility index (Phi) is 4.71. The zero-order chi connectivity index (χ0) is 19.8. The Hall–Kier alpha value is -3.01. The van der Waals surface area contributed by atoms with E-state index < -0.39 is 0 Å². The third-order valence-electron chi connectivity index (χ3n) is 5.59. The molecule has 1 N–H and O–H groups in total. The molecule has 1 aliphatic rings. The Balaban J connectivity index is 1.88. The van der Waals surface area contributed by atoms with E-state index in [9.17, 15) is 9.50 Å². The number of aromatic hydroxyl groups is 1. The van der Waals surface area contributed by atoms with Gasteiger partial charge < -0.3 is 14.6 Å². The zero-order valence-electron chi connectivity index (χ0n) is 16.2. The van der Waals surface area contributed by atoms with Crippen LogP contribution in [-0.4, -0.2) is 18.8 Å². The van der Waals surface area contributed by atoms with Gasteiger partial charge in [-0.1, -0.05) is 42.0 Å². The highest BCUT2D eigenvalue weighted by Gasteiger charge is 2.35. The first-order valence-electron chi connectivity index (χ1n) is 9.35. The van der Waals surface area contributed by atoms with Gasteiger partial charge >= 0.3 is 0 Å². The van der Waals surface area contributed by atoms with Crippen molar-refractivity contribution in [3.63, 3.8) is 0 Å². The van der Waals surface area contributed by atoms with Crippen LogP contribution in [0.4, 0.5) is 4.39 Å². The monoisotopic (exact) mass is 378 g/mol. The topological polar surface area (TPSA) is 38.7 Å². The van der Waals surface area contributed by atoms with Crippen LogP contribution in [0, 0.1) is 19.7 Å². The van der Waals surface area contributed by atoms with E-state index in [0.717, 1.165) is 16.7 Å². The lowest BCUT2D eigenvalue weighted by Crippen LogP contribution is -2.26. The summed E-state index contributed by atoms with van der Waals surface area (Å²) in [5.41, 5.74) is 4.85. The van der Waals surface area contributed by atoms with Gasteiger partial charge in [-0.05, 0) is 43.2 Å². The van der Waals surface area contributed by atoms with Crippen molar-refractivity contribution in [1.82, 2.24) is 0 Å². The summed E-state index contributed by atoms with van der Waals surface area (Å²) in [6.07, 6.45) is 0. The van der Waals surface area contributed by atoms with Gasteiger partial charge in [0.15, 0.2) is 11.6 Å². The van der Waals surface area contributed by atoms with E-state index in [1.54, 1.807) is 18.2 Å². The number of benzene rings is 3. The Bertz CT molecular complexity index is 1010. The van der Waals surface area contributed by atoms with Gasteiger partial charge in [-0.25, -0.2) is 4.39 Å². The number of phenolic OH excluding ortho intramolecular Hbond substituents is 1. The van der Waals surface area contributed by atoms with Crippen molar-refractivity contribution in [1.29, 1.82) is 0 Å². The van der Waals surface area contributed by atoms with Crippen molar-refractivity contribution >= 4 is 0 Å². The van der Waals surface area contributed by atoms with Gasteiger partial charge in [0.1, 0.15) is 11.5 Å². The van der Waals surface area contributed by atoms with E-state index >= 15 is 0 Å². The number of methoxy groups -OCH3 is 1. The molecule has 0 aromatic heterocycles. The van der Waals surface area contributed by atoms with E-state index in [1.165, 1.54) is 12.7 Å². The molecule has 0 spiro atoms. The first-order valence-corrected chi connectivity index (χ1v) is 9.35. The second-order valence-corrected chi connectivity index (χ2v) is 7.33. The highest BCUT2D eigenvalue weighted by molar-refractivity contribution is 5.55. The maximum atomic E-state index is 14.5. The lowest BCUT2D eigenvalue weighted by atomic mass is 9.75. The van der Waals surface area contributed by atoms with Gasteiger partial charge in [-0.3, -0.25) is 0 Å². The molecule has 0 bridgehead atoms. The van der Waals surface area contributed by atoms with Crippen LogP contribution < -0.4 is 9.47 Å². The lowest BCUT2D eigenvalue weighted by Gasteiger charge is -2.35. The Morgan fingerprint density at radius 3 is 2.39 bits per heavy atom. The molecular weight excluding hydrogens is 355 g/mol. The number of ether oxygens (including phenoxy) is 2. The molecule has 1 heterocycles. The van der Waals surface area contributed by atoms with E-state index in [0.29, 0.717) is 17.9 Å². The van der Waals surface area contributed by atoms with Crippen LogP contribution in [-0.2, 0) is 0 Å². The number of hydrogen-bond donors (Lipinski definition) is 1. The average Bonchev–Trinajstić information content (AvgIpc) is 2.70. The standard InChI is InChI=1S/C24H23FO3/c1-14-4-6-16(7-5-14)19-13-28-24-15(2)21(26)10-9-18(24)23(19)17-8-11-22(27-3)20(25)12-17/h4-12,19,23,26H,13H2,1-3H3/t19-,23-/m1/s1. The number of fused-ring (bicyclic) bond motifs is 1. The molecule has 2 atom stereocenters. The van der Waals surface area contributed by atoms with Crippen molar-refractivity contribution < 1.29 is 19.0 Å². The summed E-state index contributed by atoms with van der Waals surface area (Å²) >= 11 is 0. The van der Waals surface area contributed by atoms with Crippen LogP contribution in [0.2, 0.25) is 0 Å². The summed E-state index contributed by atoms with van der Waals surface area (Å²) in [6.45, 7) is 4.35. The molecule has 0 radical (unpaired) electrons. The third-order valence-corrected chi connectivity index (χ3v) is 5.59. The maximum Gasteiger partial charge on any atom is 0.165 e. The molecule has 0 unspecified atom stereocenters. The van der Waals surface area contributed by atoms with E-state index in [2.05, 4.69) is 31.2 Å². The number of aryl methyl sites for hydroxylation is 1. The molecule has 0 fully saturated rings. The van der Waals surface area contributed by atoms with Crippen LogP contribution in [0.25, 0.3) is 0 Å². The first-order chi connectivity index (χ1) is 13.5. The Morgan fingerprint density at radius 2 is 1.71 bits per heavy atom. The molecule has 3 nitrogen and oxygen atoms in total. The highest BCUT2D eigenvalue weighted by atomic mass is 19.1. The van der Waals surface area contributed by atoms with E-state index in [4.69, 9.17) is 9.47 Å². The molecular formula is C24H23FO3. The lowest BCUT2D eigenvalue weighted by molar-refractivity contribution is 0.245. The number of halogens is 1. The SMILES string of the molecule is COc1ccc([C@@H]2c3ccc(O)c(C)c3OC[C@@H]2c2ccc(C)cc2)cc1F. The molecule has 4 heteroatoms. The third kappa shape index (κ3) is 3.09. The van der Waals surface area contributed by atoms with Gasteiger partial charge in [0, 0.05) is 23.0 Å². The summed E-state index contributed by atoms with van der Waals surface area (Å²) in [4.78, 5) is 0. The van der Waals surface area contributed by atoms with E-state index in [-0.39, 0.29) is 29.2 Å². The second kappa shape index (κ2) is 7.19. The van der Waals surface area contributed by atoms with Crippen molar-refractivity contribution in [3.05, 3.63) is 88.2 Å². The molecule has 0 amide bonds. The van der Waals surface area contributed by atoms with Gasteiger partial charge in [-0.2, -0.15) is 0 Å².